The monoisotopic (exact) mass is 272 g/mol. The van der Waals surface area contributed by atoms with Crippen molar-refractivity contribution in [3.63, 3.8) is 0 Å². The number of carboxylic acids is 1. The van der Waals surface area contributed by atoms with E-state index in [0.717, 1.165) is 0 Å². The molecule has 6 nitrogen and oxygen atoms in total. The number of carbonyl (C=O) groups is 1. The summed E-state index contributed by atoms with van der Waals surface area (Å²) in [6.45, 7) is 5.99. The molecular weight excluding hydrogens is 256 g/mol. The molecular formula is C11H16N2O4S. The maximum atomic E-state index is 11.2. The summed E-state index contributed by atoms with van der Waals surface area (Å²) >= 11 is 4.91. The van der Waals surface area contributed by atoms with Crippen molar-refractivity contribution in [2.24, 2.45) is 0 Å². The number of ether oxygens (including phenoxy) is 2. The van der Waals surface area contributed by atoms with E-state index >= 15 is 0 Å². The Hall–Kier alpha value is -1.31. The van der Waals surface area contributed by atoms with Crippen LogP contribution in [0.1, 0.15) is 36.8 Å². The van der Waals surface area contributed by atoms with E-state index in [1.807, 2.05) is 0 Å². The lowest BCUT2D eigenvalue weighted by Crippen LogP contribution is -2.33. The molecule has 1 heterocycles. The molecule has 1 aromatic rings. The average molecular weight is 272 g/mol. The third kappa shape index (κ3) is 3.12. The zero-order valence-electron chi connectivity index (χ0n) is 10.5. The van der Waals surface area contributed by atoms with Gasteiger partial charge in [0.15, 0.2) is 4.77 Å². The molecule has 0 unspecified atom stereocenters. The second-order valence-electron chi connectivity index (χ2n) is 3.59. The number of nitrogens with one attached hydrogen (secondary N) is 1. The molecule has 0 aliphatic carbocycles. The van der Waals surface area contributed by atoms with Gasteiger partial charge in [-0.05, 0) is 33.0 Å². The number of carboxylic acid groups (broad SMARTS) is 1. The Morgan fingerprint density at radius 2 is 2.06 bits per heavy atom. The lowest BCUT2D eigenvalue weighted by Gasteiger charge is -2.29. The van der Waals surface area contributed by atoms with E-state index in [4.69, 9.17) is 26.8 Å². The van der Waals surface area contributed by atoms with Gasteiger partial charge in [0.25, 0.3) is 0 Å². The summed E-state index contributed by atoms with van der Waals surface area (Å²) < 4.78 is 11.2. The van der Waals surface area contributed by atoms with Gasteiger partial charge >= 0.3 is 5.97 Å². The van der Waals surface area contributed by atoms with Crippen LogP contribution in [0.25, 0.3) is 0 Å². The van der Waals surface area contributed by atoms with Crippen LogP contribution in [0.15, 0.2) is 6.20 Å². The van der Waals surface area contributed by atoms with Crippen LogP contribution in [-0.4, -0.2) is 34.3 Å². The largest absolute Gasteiger partial charge is 0.478 e. The van der Waals surface area contributed by atoms with Gasteiger partial charge in [-0.3, -0.25) is 0 Å². The van der Waals surface area contributed by atoms with Gasteiger partial charge in [-0.1, -0.05) is 0 Å². The summed E-state index contributed by atoms with van der Waals surface area (Å²) in [6, 6.07) is 0. The van der Waals surface area contributed by atoms with Crippen molar-refractivity contribution < 1.29 is 19.4 Å². The minimum Gasteiger partial charge on any atom is -0.478 e. The number of hydrogen-bond acceptors (Lipinski definition) is 5. The number of aromatic nitrogens is 2. The second kappa shape index (κ2) is 6.03. The molecule has 0 atom stereocenters. The smallest absolute Gasteiger partial charge is 0.339 e. The highest BCUT2D eigenvalue weighted by Gasteiger charge is 2.33. The number of hydrogen-bond donors (Lipinski definition) is 2. The van der Waals surface area contributed by atoms with E-state index in [0.29, 0.717) is 13.2 Å². The van der Waals surface area contributed by atoms with Crippen LogP contribution in [0, 0.1) is 4.77 Å². The van der Waals surface area contributed by atoms with Gasteiger partial charge in [-0.2, -0.15) is 0 Å². The van der Waals surface area contributed by atoms with Gasteiger partial charge < -0.3 is 19.6 Å². The molecule has 0 bridgehead atoms. The molecule has 0 radical (unpaired) electrons. The van der Waals surface area contributed by atoms with Crippen molar-refractivity contribution in [3.8, 4) is 0 Å². The topological polar surface area (TPSA) is 84.4 Å². The number of rotatable bonds is 6. The first-order valence-electron chi connectivity index (χ1n) is 5.55. The van der Waals surface area contributed by atoms with Crippen LogP contribution in [0.2, 0.25) is 0 Å². The Balaban J connectivity index is 3.38. The fraction of sp³-hybridized carbons (Fsp3) is 0.545. The van der Waals surface area contributed by atoms with Gasteiger partial charge in [0, 0.05) is 19.4 Å². The summed E-state index contributed by atoms with van der Waals surface area (Å²) in [5.41, 5.74) is 0.242. The zero-order valence-corrected chi connectivity index (χ0v) is 11.3. The minimum atomic E-state index is -1.19. The summed E-state index contributed by atoms with van der Waals surface area (Å²) in [6.07, 6.45) is 1.20. The lowest BCUT2D eigenvalue weighted by molar-refractivity contribution is -0.232. The number of nitrogens with zero attached hydrogens (tertiary/aromatic N) is 1. The standard InChI is InChI=1S/C11H16N2O4S/c1-4-16-11(3,17-5-2)8-7(9(14)15)6-12-10(18)13-8/h6H,4-5H2,1-3H3,(H,14,15)(H,12,13,18). The predicted molar refractivity (Wildman–Crippen MR) is 67.0 cm³/mol. The Bertz CT molecular complexity index is 480. The average Bonchev–Trinajstić information content (AvgIpc) is 2.29. The molecule has 0 aliphatic heterocycles. The molecule has 1 rings (SSSR count). The molecule has 0 aromatic carbocycles. The van der Waals surface area contributed by atoms with E-state index in [1.165, 1.54) is 6.20 Å². The zero-order chi connectivity index (χ0) is 13.8. The molecule has 0 aliphatic rings. The minimum absolute atomic E-state index is 0.0204. The predicted octanol–water partition coefficient (Wildman–Crippen LogP) is 2.08. The van der Waals surface area contributed by atoms with E-state index in [9.17, 15) is 4.79 Å². The van der Waals surface area contributed by atoms with E-state index < -0.39 is 11.8 Å². The first-order valence-corrected chi connectivity index (χ1v) is 5.96. The van der Waals surface area contributed by atoms with Crippen molar-refractivity contribution in [3.05, 3.63) is 22.2 Å². The van der Waals surface area contributed by atoms with Crippen LogP contribution in [-0.2, 0) is 15.3 Å². The van der Waals surface area contributed by atoms with Gasteiger partial charge in [0.2, 0.25) is 5.79 Å². The van der Waals surface area contributed by atoms with Crippen molar-refractivity contribution in [2.75, 3.05) is 13.2 Å². The van der Waals surface area contributed by atoms with Gasteiger partial charge in [0.05, 0.1) is 5.69 Å². The molecule has 0 spiro atoms. The molecule has 2 N–H and O–H groups in total. The molecule has 100 valence electrons. The Morgan fingerprint density at radius 3 is 2.50 bits per heavy atom. The van der Waals surface area contributed by atoms with Gasteiger partial charge in [0.1, 0.15) is 5.56 Å². The first kappa shape index (κ1) is 14.7. The summed E-state index contributed by atoms with van der Waals surface area (Å²) in [4.78, 5) is 17.7. The van der Waals surface area contributed by atoms with Gasteiger partial charge in [-0.25, -0.2) is 9.78 Å². The van der Waals surface area contributed by atoms with E-state index in [2.05, 4.69) is 9.97 Å². The first-order chi connectivity index (χ1) is 8.44. The third-order valence-corrected chi connectivity index (χ3v) is 2.54. The van der Waals surface area contributed by atoms with E-state index in [-0.39, 0.29) is 16.0 Å². The number of H-pyrrole nitrogens is 1. The summed E-state index contributed by atoms with van der Waals surface area (Å²) in [7, 11) is 0. The lowest BCUT2D eigenvalue weighted by atomic mass is 10.1. The van der Waals surface area contributed by atoms with Crippen LogP contribution >= 0.6 is 12.2 Å². The van der Waals surface area contributed by atoms with Crippen molar-refractivity contribution in [2.45, 2.75) is 26.6 Å². The molecule has 0 amide bonds. The molecule has 7 heteroatoms. The Kier molecular flexibility index (Phi) is 4.94. The van der Waals surface area contributed by atoms with Crippen molar-refractivity contribution in [1.29, 1.82) is 0 Å². The van der Waals surface area contributed by atoms with Crippen molar-refractivity contribution in [1.82, 2.24) is 9.97 Å². The highest BCUT2D eigenvalue weighted by atomic mass is 32.1. The fourth-order valence-electron chi connectivity index (χ4n) is 1.65. The summed E-state index contributed by atoms with van der Waals surface area (Å²) in [5.74, 6) is -2.30. The van der Waals surface area contributed by atoms with Crippen molar-refractivity contribution >= 4 is 18.2 Å². The molecule has 1 aromatic heterocycles. The fourth-order valence-corrected chi connectivity index (χ4v) is 1.81. The SMILES string of the molecule is CCOC(C)(OCC)c1[nH]c(=S)ncc1C(=O)O. The van der Waals surface area contributed by atoms with Crippen LogP contribution < -0.4 is 0 Å². The van der Waals surface area contributed by atoms with Crippen LogP contribution in [0.3, 0.4) is 0 Å². The highest BCUT2D eigenvalue weighted by Crippen LogP contribution is 2.27. The molecule has 0 saturated carbocycles. The van der Waals surface area contributed by atoms with Gasteiger partial charge in [-0.15, -0.1) is 0 Å². The highest BCUT2D eigenvalue weighted by molar-refractivity contribution is 7.71. The molecule has 0 saturated heterocycles. The van der Waals surface area contributed by atoms with E-state index in [1.54, 1.807) is 20.8 Å². The summed E-state index contributed by atoms with van der Waals surface area (Å²) in [5, 5.41) is 9.15. The van der Waals surface area contributed by atoms with Crippen LogP contribution in [0.4, 0.5) is 0 Å². The molecule has 18 heavy (non-hydrogen) atoms. The van der Waals surface area contributed by atoms with Crippen LogP contribution in [0.5, 0.6) is 0 Å². The Labute approximate surface area is 110 Å². The normalized spacial score (nSPS) is 11.5. The molecule has 0 fully saturated rings. The third-order valence-electron chi connectivity index (χ3n) is 2.34. The second-order valence-corrected chi connectivity index (χ2v) is 3.98. The number of aromatic amines is 1. The maximum absolute atomic E-state index is 11.2. The number of aromatic carboxylic acids is 1. The maximum Gasteiger partial charge on any atom is 0.339 e. The quantitative estimate of drug-likeness (QED) is 0.609. The Morgan fingerprint density at radius 1 is 1.50 bits per heavy atom.